The van der Waals surface area contributed by atoms with Crippen molar-refractivity contribution in [3.8, 4) is 0 Å². The monoisotopic (exact) mass is 268 g/mol. The Hall–Kier alpha value is 0.350. The van der Waals surface area contributed by atoms with E-state index in [2.05, 4.69) is 13.8 Å². The van der Waals surface area contributed by atoms with Crippen molar-refractivity contribution in [1.82, 2.24) is 0 Å². The average Bonchev–Trinajstić information content (AvgIpc) is 2.73. The van der Waals surface area contributed by atoms with Crippen LogP contribution < -0.4 is 0 Å². The Labute approximate surface area is 120 Å². The molecule has 0 aliphatic heterocycles. The van der Waals surface area contributed by atoms with Crippen LogP contribution in [0.15, 0.2) is 0 Å². The quantitative estimate of drug-likeness (QED) is 0.622. The smallest absolute Gasteiger partial charge is 0.00219 e. The molecule has 0 bridgehead atoms. The molecular weight excluding hydrogens is 236 g/mol. The Morgan fingerprint density at radius 1 is 0.944 bits per heavy atom. The summed E-state index contributed by atoms with van der Waals surface area (Å²) in [5.41, 5.74) is 0. The van der Waals surface area contributed by atoms with Gasteiger partial charge in [0.25, 0.3) is 0 Å². The van der Waals surface area contributed by atoms with Crippen molar-refractivity contribution in [3.05, 3.63) is 0 Å². The molecule has 0 nitrogen and oxygen atoms in total. The zero-order valence-electron chi connectivity index (χ0n) is 12.4. The van der Waals surface area contributed by atoms with Crippen LogP contribution >= 0.6 is 12.6 Å². The van der Waals surface area contributed by atoms with Gasteiger partial charge in [0.05, 0.1) is 0 Å². The van der Waals surface area contributed by atoms with Crippen molar-refractivity contribution in [1.29, 1.82) is 0 Å². The predicted octanol–water partition coefficient (Wildman–Crippen LogP) is 5.72. The SMILES string of the molecule is CCC1CCCC1CC1CCCC(C)CC(S)C1. The van der Waals surface area contributed by atoms with Crippen molar-refractivity contribution in [2.24, 2.45) is 23.7 Å². The number of rotatable bonds is 3. The van der Waals surface area contributed by atoms with E-state index in [1.807, 2.05) is 0 Å². The fraction of sp³-hybridized carbons (Fsp3) is 1.00. The molecule has 2 rings (SSSR count). The molecule has 5 unspecified atom stereocenters. The molecule has 2 aliphatic rings. The third-order valence-electron chi connectivity index (χ3n) is 5.57. The van der Waals surface area contributed by atoms with Crippen LogP contribution in [0.1, 0.15) is 78.1 Å². The highest BCUT2D eigenvalue weighted by atomic mass is 32.1. The number of hydrogen-bond donors (Lipinski definition) is 1. The highest BCUT2D eigenvalue weighted by Gasteiger charge is 2.29. The Morgan fingerprint density at radius 3 is 2.44 bits per heavy atom. The van der Waals surface area contributed by atoms with E-state index in [1.165, 1.54) is 64.2 Å². The Morgan fingerprint density at radius 2 is 1.67 bits per heavy atom. The third-order valence-corrected chi connectivity index (χ3v) is 5.99. The van der Waals surface area contributed by atoms with Crippen molar-refractivity contribution in [3.63, 3.8) is 0 Å². The first-order chi connectivity index (χ1) is 8.69. The van der Waals surface area contributed by atoms with Gasteiger partial charge in [0, 0.05) is 5.25 Å². The van der Waals surface area contributed by atoms with Gasteiger partial charge in [-0.2, -0.15) is 12.6 Å². The van der Waals surface area contributed by atoms with E-state index in [-0.39, 0.29) is 0 Å². The van der Waals surface area contributed by atoms with Gasteiger partial charge in [-0.15, -0.1) is 0 Å². The second-order valence-electron chi connectivity index (χ2n) is 7.12. The van der Waals surface area contributed by atoms with Gasteiger partial charge in [0.2, 0.25) is 0 Å². The minimum absolute atomic E-state index is 0.673. The molecule has 5 atom stereocenters. The minimum atomic E-state index is 0.673. The largest absolute Gasteiger partial charge is 0.176 e. The molecule has 0 saturated heterocycles. The molecule has 0 amide bonds. The fourth-order valence-electron chi connectivity index (χ4n) is 4.54. The Bertz CT molecular complexity index is 238. The maximum atomic E-state index is 4.84. The molecule has 2 aliphatic carbocycles. The molecule has 0 N–H and O–H groups in total. The first kappa shape index (κ1) is 14.8. The third kappa shape index (κ3) is 4.18. The summed E-state index contributed by atoms with van der Waals surface area (Å²) in [6, 6.07) is 0. The van der Waals surface area contributed by atoms with E-state index in [1.54, 1.807) is 0 Å². The fourth-order valence-corrected chi connectivity index (χ4v) is 5.20. The summed E-state index contributed by atoms with van der Waals surface area (Å²) in [5, 5.41) is 0.673. The van der Waals surface area contributed by atoms with Crippen LogP contribution in [-0.2, 0) is 0 Å². The standard InChI is InChI=1S/C17H32S/c1-3-15-8-5-9-16(15)11-14-7-4-6-13(2)10-17(18)12-14/h13-18H,3-12H2,1-2H3. The summed E-state index contributed by atoms with van der Waals surface area (Å²) in [6.07, 6.45) is 14.6. The highest BCUT2D eigenvalue weighted by molar-refractivity contribution is 7.80. The van der Waals surface area contributed by atoms with Crippen LogP contribution in [0.2, 0.25) is 0 Å². The highest BCUT2D eigenvalue weighted by Crippen LogP contribution is 2.41. The molecular formula is C17H32S. The lowest BCUT2D eigenvalue weighted by atomic mass is 9.79. The molecule has 0 aromatic rings. The van der Waals surface area contributed by atoms with Crippen LogP contribution in [-0.4, -0.2) is 5.25 Å². The minimum Gasteiger partial charge on any atom is -0.176 e. The van der Waals surface area contributed by atoms with Gasteiger partial charge in [-0.3, -0.25) is 0 Å². The van der Waals surface area contributed by atoms with E-state index in [4.69, 9.17) is 12.6 Å². The van der Waals surface area contributed by atoms with Crippen LogP contribution in [0.3, 0.4) is 0 Å². The topological polar surface area (TPSA) is 0 Å². The van der Waals surface area contributed by atoms with Gasteiger partial charge < -0.3 is 0 Å². The lowest BCUT2D eigenvalue weighted by molar-refractivity contribution is 0.251. The van der Waals surface area contributed by atoms with Crippen LogP contribution in [0, 0.1) is 23.7 Å². The molecule has 0 aromatic carbocycles. The molecule has 0 spiro atoms. The van der Waals surface area contributed by atoms with Crippen LogP contribution in [0.4, 0.5) is 0 Å². The average molecular weight is 269 g/mol. The second-order valence-corrected chi connectivity index (χ2v) is 7.85. The zero-order valence-corrected chi connectivity index (χ0v) is 13.3. The van der Waals surface area contributed by atoms with Gasteiger partial charge in [-0.1, -0.05) is 58.8 Å². The zero-order chi connectivity index (χ0) is 13.0. The first-order valence-electron chi connectivity index (χ1n) is 8.37. The molecule has 106 valence electrons. The summed E-state index contributed by atoms with van der Waals surface area (Å²) in [7, 11) is 0. The lowest BCUT2D eigenvalue weighted by Crippen LogP contribution is -2.20. The lowest BCUT2D eigenvalue weighted by Gasteiger charge is -2.30. The summed E-state index contributed by atoms with van der Waals surface area (Å²) in [6.45, 7) is 4.80. The molecule has 2 fully saturated rings. The summed E-state index contributed by atoms with van der Waals surface area (Å²) >= 11 is 4.84. The maximum absolute atomic E-state index is 4.84. The van der Waals surface area contributed by atoms with Gasteiger partial charge >= 0.3 is 0 Å². The van der Waals surface area contributed by atoms with E-state index in [9.17, 15) is 0 Å². The van der Waals surface area contributed by atoms with Crippen LogP contribution in [0.5, 0.6) is 0 Å². The van der Waals surface area contributed by atoms with Gasteiger partial charge in [-0.25, -0.2) is 0 Å². The second kappa shape index (κ2) is 7.22. The van der Waals surface area contributed by atoms with E-state index in [0.717, 1.165) is 23.7 Å². The predicted molar refractivity (Wildman–Crippen MR) is 84.3 cm³/mol. The van der Waals surface area contributed by atoms with Crippen molar-refractivity contribution < 1.29 is 0 Å². The van der Waals surface area contributed by atoms with Gasteiger partial charge in [0.15, 0.2) is 0 Å². The van der Waals surface area contributed by atoms with Gasteiger partial charge in [-0.05, 0) is 42.9 Å². The normalized spacial score (nSPS) is 42.5. The molecule has 0 heterocycles. The summed E-state index contributed by atoms with van der Waals surface area (Å²) < 4.78 is 0. The molecule has 2 saturated carbocycles. The van der Waals surface area contributed by atoms with Crippen molar-refractivity contribution in [2.75, 3.05) is 0 Å². The molecule has 1 heteroatoms. The van der Waals surface area contributed by atoms with Crippen molar-refractivity contribution in [2.45, 2.75) is 83.3 Å². The van der Waals surface area contributed by atoms with Gasteiger partial charge in [0.1, 0.15) is 0 Å². The van der Waals surface area contributed by atoms with E-state index >= 15 is 0 Å². The van der Waals surface area contributed by atoms with Crippen LogP contribution in [0.25, 0.3) is 0 Å². The number of hydrogen-bond acceptors (Lipinski definition) is 1. The van der Waals surface area contributed by atoms with E-state index < -0.39 is 0 Å². The number of thiol groups is 1. The summed E-state index contributed by atoms with van der Waals surface area (Å²) in [5.74, 6) is 3.99. The molecule has 0 aromatic heterocycles. The van der Waals surface area contributed by atoms with E-state index in [0.29, 0.717) is 5.25 Å². The maximum Gasteiger partial charge on any atom is 0.00219 e. The molecule has 0 radical (unpaired) electrons. The Kier molecular flexibility index (Phi) is 5.92. The molecule has 18 heavy (non-hydrogen) atoms. The first-order valence-corrected chi connectivity index (χ1v) is 8.88. The Balaban J connectivity index is 1.83. The summed E-state index contributed by atoms with van der Waals surface area (Å²) in [4.78, 5) is 0. The van der Waals surface area contributed by atoms with Crippen molar-refractivity contribution >= 4 is 12.6 Å².